The predicted octanol–water partition coefficient (Wildman–Crippen LogP) is 3.12. The molecule has 7 heteroatoms. The van der Waals surface area contributed by atoms with Crippen molar-refractivity contribution >= 4 is 40.5 Å². The molecule has 2 rings (SSSR count). The van der Waals surface area contributed by atoms with Gasteiger partial charge in [-0.05, 0) is 25.1 Å². The first-order valence-corrected chi connectivity index (χ1v) is 5.87. The fourth-order valence-corrected chi connectivity index (χ4v) is 1.73. The lowest BCUT2D eigenvalue weighted by atomic mass is 10.2. The highest BCUT2D eigenvalue weighted by Gasteiger charge is 2.07. The fraction of sp³-hybridized carbons (Fsp3) is 0.0909. The van der Waals surface area contributed by atoms with Gasteiger partial charge in [0.25, 0.3) is 0 Å². The van der Waals surface area contributed by atoms with Crippen LogP contribution in [0.3, 0.4) is 0 Å². The highest BCUT2D eigenvalue weighted by atomic mass is 35.5. The number of aromatic nitrogens is 2. The Hall–Kier alpha value is -1.56. The van der Waals surface area contributed by atoms with Crippen molar-refractivity contribution in [3.8, 4) is 0 Å². The number of halogens is 2. The number of nitrogens with zero attached hydrogens (tertiary/aromatic N) is 2. The maximum Gasteiger partial charge on any atom is 0.148 e. The van der Waals surface area contributed by atoms with E-state index in [0.717, 1.165) is 11.3 Å². The Bertz CT molecular complexity index is 573. The number of nitrogens with two attached hydrogens (primary N) is 1. The average Bonchev–Trinajstić information content (AvgIpc) is 2.36. The third-order valence-corrected chi connectivity index (χ3v) is 3.14. The van der Waals surface area contributed by atoms with Crippen molar-refractivity contribution in [2.24, 2.45) is 5.84 Å². The van der Waals surface area contributed by atoms with Crippen LogP contribution in [-0.4, -0.2) is 9.97 Å². The molecule has 0 fully saturated rings. The average molecular weight is 284 g/mol. The molecular weight excluding hydrogens is 273 g/mol. The summed E-state index contributed by atoms with van der Waals surface area (Å²) in [6.45, 7) is 1.86. The molecule has 5 nitrogen and oxygen atoms in total. The molecule has 0 atom stereocenters. The third kappa shape index (κ3) is 2.64. The highest BCUT2D eigenvalue weighted by molar-refractivity contribution is 6.42. The van der Waals surface area contributed by atoms with Crippen molar-refractivity contribution in [1.82, 2.24) is 9.97 Å². The van der Waals surface area contributed by atoms with Crippen LogP contribution in [0.5, 0.6) is 0 Å². The quantitative estimate of drug-likeness (QED) is 0.596. The summed E-state index contributed by atoms with van der Waals surface area (Å²) < 4.78 is 0. The zero-order chi connectivity index (χ0) is 13.1. The van der Waals surface area contributed by atoms with Gasteiger partial charge in [-0.2, -0.15) is 0 Å². The molecule has 0 saturated carbocycles. The van der Waals surface area contributed by atoms with Crippen LogP contribution in [0, 0.1) is 6.92 Å². The Kier molecular flexibility index (Phi) is 3.86. The van der Waals surface area contributed by atoms with Crippen molar-refractivity contribution in [2.75, 3.05) is 10.7 Å². The van der Waals surface area contributed by atoms with Crippen LogP contribution in [-0.2, 0) is 0 Å². The number of nitrogens with one attached hydrogen (secondary N) is 2. The molecule has 1 heterocycles. The summed E-state index contributed by atoms with van der Waals surface area (Å²) >= 11 is 11.8. The molecule has 0 unspecified atom stereocenters. The normalized spacial score (nSPS) is 10.2. The molecule has 0 bridgehead atoms. The van der Waals surface area contributed by atoms with Crippen LogP contribution in [0.15, 0.2) is 24.5 Å². The minimum Gasteiger partial charge on any atom is -0.340 e. The van der Waals surface area contributed by atoms with Gasteiger partial charge in [-0.25, -0.2) is 15.8 Å². The number of hydrogen-bond acceptors (Lipinski definition) is 5. The zero-order valence-corrected chi connectivity index (χ0v) is 11.0. The lowest BCUT2D eigenvalue weighted by molar-refractivity contribution is 1.11. The zero-order valence-electron chi connectivity index (χ0n) is 9.54. The smallest absolute Gasteiger partial charge is 0.148 e. The van der Waals surface area contributed by atoms with Gasteiger partial charge in [-0.3, -0.25) is 0 Å². The maximum atomic E-state index is 5.94. The van der Waals surface area contributed by atoms with E-state index in [1.54, 1.807) is 12.1 Å². The minimum atomic E-state index is 0.477. The summed E-state index contributed by atoms with van der Waals surface area (Å²) in [7, 11) is 0. The Balaban J connectivity index is 2.31. The predicted molar refractivity (Wildman–Crippen MR) is 74.3 cm³/mol. The number of hydrogen-bond donors (Lipinski definition) is 3. The highest BCUT2D eigenvalue weighted by Crippen LogP contribution is 2.28. The molecule has 0 radical (unpaired) electrons. The van der Waals surface area contributed by atoms with Crippen molar-refractivity contribution in [2.45, 2.75) is 6.92 Å². The van der Waals surface area contributed by atoms with Crippen LogP contribution in [0.1, 0.15) is 5.56 Å². The lowest BCUT2D eigenvalue weighted by Gasteiger charge is -2.11. The van der Waals surface area contributed by atoms with E-state index >= 15 is 0 Å². The Morgan fingerprint density at radius 3 is 2.50 bits per heavy atom. The van der Waals surface area contributed by atoms with E-state index in [1.807, 2.05) is 13.0 Å². The molecule has 18 heavy (non-hydrogen) atoms. The van der Waals surface area contributed by atoms with E-state index in [2.05, 4.69) is 20.7 Å². The van der Waals surface area contributed by atoms with Crippen molar-refractivity contribution < 1.29 is 0 Å². The van der Waals surface area contributed by atoms with Crippen LogP contribution in [0.25, 0.3) is 0 Å². The van der Waals surface area contributed by atoms with Crippen molar-refractivity contribution in [1.29, 1.82) is 0 Å². The van der Waals surface area contributed by atoms with Gasteiger partial charge >= 0.3 is 0 Å². The van der Waals surface area contributed by atoms with Gasteiger partial charge in [-0.15, -0.1) is 0 Å². The van der Waals surface area contributed by atoms with E-state index < -0.39 is 0 Å². The number of rotatable bonds is 3. The Labute approximate surface area is 114 Å². The van der Waals surface area contributed by atoms with Crippen LogP contribution in [0.2, 0.25) is 10.0 Å². The van der Waals surface area contributed by atoms with E-state index in [9.17, 15) is 0 Å². The van der Waals surface area contributed by atoms with Crippen molar-refractivity contribution in [3.63, 3.8) is 0 Å². The summed E-state index contributed by atoms with van der Waals surface area (Å²) in [5, 5.41) is 4.11. The molecular formula is C11H11Cl2N5. The van der Waals surface area contributed by atoms with Gasteiger partial charge in [0.05, 0.1) is 10.0 Å². The lowest BCUT2D eigenvalue weighted by Crippen LogP contribution is -2.11. The third-order valence-electron chi connectivity index (χ3n) is 2.40. The number of anilines is 3. The van der Waals surface area contributed by atoms with E-state index in [4.69, 9.17) is 29.0 Å². The molecule has 2 aromatic rings. The summed E-state index contributed by atoms with van der Waals surface area (Å²) in [5.41, 5.74) is 4.10. The van der Waals surface area contributed by atoms with E-state index in [1.165, 1.54) is 6.33 Å². The molecule has 0 aliphatic rings. The fourth-order valence-electron chi connectivity index (χ4n) is 1.43. The largest absolute Gasteiger partial charge is 0.340 e. The van der Waals surface area contributed by atoms with Gasteiger partial charge in [0.1, 0.15) is 18.0 Å². The summed E-state index contributed by atoms with van der Waals surface area (Å²) in [6, 6.07) is 5.25. The number of hydrazine groups is 1. The summed E-state index contributed by atoms with van der Waals surface area (Å²) in [6.07, 6.45) is 1.42. The molecule has 1 aromatic heterocycles. The SMILES string of the molecule is Cc1c(NN)ncnc1Nc1ccc(Cl)c(Cl)c1. The second-order valence-corrected chi connectivity index (χ2v) is 4.41. The molecule has 0 aliphatic carbocycles. The van der Waals surface area contributed by atoms with Gasteiger partial charge in [0, 0.05) is 11.3 Å². The van der Waals surface area contributed by atoms with Gasteiger partial charge < -0.3 is 10.7 Å². The summed E-state index contributed by atoms with van der Waals surface area (Å²) in [4.78, 5) is 8.14. The molecule has 94 valence electrons. The minimum absolute atomic E-state index is 0.477. The molecule has 0 saturated heterocycles. The summed E-state index contributed by atoms with van der Waals surface area (Å²) in [5.74, 6) is 6.56. The standard InChI is InChI=1S/C11H11Cl2N5/c1-6-10(15-5-16-11(6)18-14)17-7-2-3-8(12)9(13)4-7/h2-5H,14H2,1H3,(H2,15,16,17,18). The molecule has 4 N–H and O–H groups in total. The Morgan fingerprint density at radius 2 is 1.83 bits per heavy atom. The van der Waals surface area contributed by atoms with Crippen LogP contribution in [0.4, 0.5) is 17.3 Å². The first-order valence-electron chi connectivity index (χ1n) is 5.12. The van der Waals surface area contributed by atoms with E-state index in [0.29, 0.717) is 21.7 Å². The number of nitrogen functional groups attached to an aromatic ring is 1. The Morgan fingerprint density at radius 1 is 1.11 bits per heavy atom. The van der Waals surface area contributed by atoms with Crippen LogP contribution < -0.4 is 16.6 Å². The van der Waals surface area contributed by atoms with Gasteiger partial charge in [0.15, 0.2) is 0 Å². The monoisotopic (exact) mass is 283 g/mol. The molecule has 1 aromatic carbocycles. The molecule has 0 aliphatic heterocycles. The first-order chi connectivity index (χ1) is 8.61. The molecule has 0 spiro atoms. The van der Waals surface area contributed by atoms with Gasteiger partial charge in [0.2, 0.25) is 0 Å². The maximum absolute atomic E-state index is 5.94. The second-order valence-electron chi connectivity index (χ2n) is 3.59. The second kappa shape index (κ2) is 5.39. The molecule has 0 amide bonds. The van der Waals surface area contributed by atoms with Gasteiger partial charge in [-0.1, -0.05) is 23.2 Å². The van der Waals surface area contributed by atoms with E-state index in [-0.39, 0.29) is 0 Å². The number of benzene rings is 1. The first kappa shape index (κ1) is 12.9. The van der Waals surface area contributed by atoms with Crippen LogP contribution >= 0.6 is 23.2 Å². The topological polar surface area (TPSA) is 75.9 Å². The van der Waals surface area contributed by atoms with Crippen molar-refractivity contribution in [3.05, 3.63) is 40.1 Å².